The van der Waals surface area contributed by atoms with Crippen molar-refractivity contribution in [3.8, 4) is 0 Å². The Hall–Kier alpha value is -1.80. The zero-order valence-corrected chi connectivity index (χ0v) is 14.4. The van der Waals surface area contributed by atoms with Gasteiger partial charge in [-0.05, 0) is 49.9 Å². The maximum Gasteiger partial charge on any atom is 0.0408 e. The molecule has 3 atom stereocenters. The highest BCUT2D eigenvalue weighted by atomic mass is 15.3. The standard InChI is InChI=1S/C22H26N2/c1-23-17-11-12-18(23)14-19(13-17)24-15-21(16-7-3-2-4-8-16)20-9-5-6-10-22(20)24/h2-10,17-19,21H,11-15H2,1H3. The van der Waals surface area contributed by atoms with E-state index in [1.165, 1.54) is 42.5 Å². The van der Waals surface area contributed by atoms with Crippen LogP contribution in [0.2, 0.25) is 0 Å². The smallest absolute Gasteiger partial charge is 0.0408 e. The fourth-order valence-corrected chi connectivity index (χ4v) is 5.39. The van der Waals surface area contributed by atoms with Crippen LogP contribution >= 0.6 is 0 Å². The van der Waals surface area contributed by atoms with E-state index < -0.39 is 0 Å². The van der Waals surface area contributed by atoms with Crippen LogP contribution in [0.3, 0.4) is 0 Å². The van der Waals surface area contributed by atoms with E-state index in [9.17, 15) is 0 Å². The topological polar surface area (TPSA) is 6.48 Å². The third kappa shape index (κ3) is 2.20. The van der Waals surface area contributed by atoms with Gasteiger partial charge in [0.2, 0.25) is 0 Å². The lowest BCUT2D eigenvalue weighted by atomic mass is 9.93. The molecule has 2 aromatic carbocycles. The molecule has 2 bridgehead atoms. The van der Waals surface area contributed by atoms with E-state index in [2.05, 4.69) is 71.4 Å². The predicted molar refractivity (Wildman–Crippen MR) is 99.7 cm³/mol. The van der Waals surface area contributed by atoms with Crippen molar-refractivity contribution in [2.45, 2.75) is 49.7 Å². The molecule has 0 amide bonds. The Labute approximate surface area is 145 Å². The number of hydrogen-bond acceptors (Lipinski definition) is 2. The number of hydrogen-bond donors (Lipinski definition) is 0. The van der Waals surface area contributed by atoms with Gasteiger partial charge < -0.3 is 9.80 Å². The molecule has 0 aliphatic carbocycles. The van der Waals surface area contributed by atoms with E-state index >= 15 is 0 Å². The summed E-state index contributed by atoms with van der Waals surface area (Å²) in [7, 11) is 2.34. The Morgan fingerprint density at radius 1 is 0.792 bits per heavy atom. The van der Waals surface area contributed by atoms with Crippen molar-refractivity contribution in [3.05, 3.63) is 65.7 Å². The zero-order chi connectivity index (χ0) is 16.1. The largest absolute Gasteiger partial charge is 0.367 e. The molecule has 3 unspecified atom stereocenters. The fraction of sp³-hybridized carbons (Fsp3) is 0.455. The Morgan fingerprint density at radius 3 is 2.21 bits per heavy atom. The molecule has 24 heavy (non-hydrogen) atoms. The predicted octanol–water partition coefficient (Wildman–Crippen LogP) is 4.26. The number of anilines is 1. The number of rotatable bonds is 2. The summed E-state index contributed by atoms with van der Waals surface area (Å²) in [5.74, 6) is 0.528. The highest BCUT2D eigenvalue weighted by Crippen LogP contribution is 2.45. The van der Waals surface area contributed by atoms with E-state index in [4.69, 9.17) is 0 Å². The Balaban J connectivity index is 1.48. The first-order valence-electron chi connectivity index (χ1n) is 9.43. The van der Waals surface area contributed by atoms with E-state index in [1.54, 1.807) is 0 Å². The van der Waals surface area contributed by atoms with Crippen LogP contribution in [0.25, 0.3) is 0 Å². The Kier molecular flexibility index (Phi) is 3.41. The van der Waals surface area contributed by atoms with Gasteiger partial charge in [-0.15, -0.1) is 0 Å². The van der Waals surface area contributed by atoms with Gasteiger partial charge in [-0.25, -0.2) is 0 Å². The van der Waals surface area contributed by atoms with Crippen LogP contribution in [0.15, 0.2) is 54.6 Å². The van der Waals surface area contributed by atoms with Crippen molar-refractivity contribution in [1.29, 1.82) is 0 Å². The normalized spacial score (nSPS) is 32.1. The minimum Gasteiger partial charge on any atom is -0.367 e. The Morgan fingerprint density at radius 2 is 1.46 bits per heavy atom. The van der Waals surface area contributed by atoms with Gasteiger partial charge in [0.05, 0.1) is 0 Å². The quantitative estimate of drug-likeness (QED) is 0.816. The first-order valence-corrected chi connectivity index (χ1v) is 9.43. The fourth-order valence-electron chi connectivity index (χ4n) is 5.39. The first kappa shape index (κ1) is 14.5. The molecule has 2 saturated heterocycles. The van der Waals surface area contributed by atoms with Gasteiger partial charge in [0.1, 0.15) is 0 Å². The molecule has 0 spiro atoms. The van der Waals surface area contributed by atoms with Crippen LogP contribution in [0, 0.1) is 0 Å². The lowest BCUT2D eigenvalue weighted by Crippen LogP contribution is -2.48. The van der Waals surface area contributed by atoms with Gasteiger partial charge in [-0.3, -0.25) is 0 Å². The molecule has 2 heteroatoms. The third-order valence-electron chi connectivity index (χ3n) is 6.72. The first-order chi connectivity index (χ1) is 11.8. The molecule has 3 heterocycles. The Bertz CT molecular complexity index is 712. The zero-order valence-electron chi connectivity index (χ0n) is 14.4. The highest BCUT2D eigenvalue weighted by molar-refractivity contribution is 5.63. The summed E-state index contributed by atoms with van der Waals surface area (Å²) in [6.07, 6.45) is 5.47. The number of fused-ring (bicyclic) bond motifs is 3. The second-order valence-corrected chi connectivity index (χ2v) is 7.85. The number of nitrogens with zero attached hydrogens (tertiary/aromatic N) is 2. The van der Waals surface area contributed by atoms with Gasteiger partial charge in [-0.1, -0.05) is 48.5 Å². The van der Waals surface area contributed by atoms with Crippen LogP contribution in [0.5, 0.6) is 0 Å². The van der Waals surface area contributed by atoms with Gasteiger partial charge in [0, 0.05) is 36.3 Å². The van der Waals surface area contributed by atoms with Crippen LogP contribution in [-0.4, -0.2) is 36.6 Å². The molecule has 2 nitrogen and oxygen atoms in total. The van der Waals surface area contributed by atoms with Crippen molar-refractivity contribution in [2.75, 3.05) is 18.5 Å². The van der Waals surface area contributed by atoms with Crippen LogP contribution in [0.1, 0.15) is 42.7 Å². The monoisotopic (exact) mass is 318 g/mol. The molecule has 0 saturated carbocycles. The third-order valence-corrected chi connectivity index (χ3v) is 6.72. The van der Waals surface area contributed by atoms with Gasteiger partial charge >= 0.3 is 0 Å². The molecule has 0 radical (unpaired) electrons. The lowest BCUT2D eigenvalue weighted by Gasteiger charge is -2.41. The van der Waals surface area contributed by atoms with Gasteiger partial charge in [0.25, 0.3) is 0 Å². The van der Waals surface area contributed by atoms with E-state index in [1.807, 2.05) is 0 Å². The minimum absolute atomic E-state index is 0.528. The summed E-state index contributed by atoms with van der Waals surface area (Å²) in [5.41, 5.74) is 4.47. The molecule has 2 fully saturated rings. The van der Waals surface area contributed by atoms with Gasteiger partial charge in [0.15, 0.2) is 0 Å². The van der Waals surface area contributed by atoms with Gasteiger partial charge in [-0.2, -0.15) is 0 Å². The van der Waals surface area contributed by atoms with Crippen LogP contribution < -0.4 is 4.90 Å². The number of piperidine rings is 1. The summed E-state index contributed by atoms with van der Waals surface area (Å²) in [6.45, 7) is 1.15. The van der Waals surface area contributed by atoms with Crippen molar-refractivity contribution in [2.24, 2.45) is 0 Å². The molecular formula is C22H26N2. The second-order valence-electron chi connectivity index (χ2n) is 7.85. The molecule has 3 aliphatic rings. The average molecular weight is 318 g/mol. The lowest BCUT2D eigenvalue weighted by molar-refractivity contribution is 0.159. The summed E-state index contributed by atoms with van der Waals surface area (Å²) >= 11 is 0. The average Bonchev–Trinajstić information content (AvgIpc) is 3.08. The molecule has 5 rings (SSSR count). The summed E-state index contributed by atoms with van der Waals surface area (Å²) in [4.78, 5) is 5.39. The minimum atomic E-state index is 0.528. The van der Waals surface area contributed by atoms with Crippen LogP contribution in [-0.2, 0) is 0 Å². The molecule has 0 N–H and O–H groups in total. The SMILES string of the molecule is CN1C2CCC1CC(N1CC(c3ccccc3)c3ccccc31)C2. The molecular weight excluding hydrogens is 292 g/mol. The van der Waals surface area contributed by atoms with Crippen molar-refractivity contribution >= 4 is 5.69 Å². The maximum absolute atomic E-state index is 2.74. The second kappa shape index (κ2) is 5.63. The van der Waals surface area contributed by atoms with Crippen molar-refractivity contribution in [1.82, 2.24) is 4.90 Å². The summed E-state index contributed by atoms with van der Waals surface area (Å²) in [6, 6.07) is 22.5. The highest BCUT2D eigenvalue weighted by Gasteiger charge is 2.43. The number of para-hydroxylation sites is 1. The van der Waals surface area contributed by atoms with E-state index in [-0.39, 0.29) is 0 Å². The molecule has 0 aromatic heterocycles. The van der Waals surface area contributed by atoms with E-state index in [0.29, 0.717) is 12.0 Å². The summed E-state index contributed by atoms with van der Waals surface area (Å²) < 4.78 is 0. The van der Waals surface area contributed by atoms with Crippen molar-refractivity contribution < 1.29 is 0 Å². The maximum atomic E-state index is 2.74. The molecule has 124 valence electrons. The van der Waals surface area contributed by atoms with Crippen LogP contribution in [0.4, 0.5) is 5.69 Å². The van der Waals surface area contributed by atoms with Crippen molar-refractivity contribution in [3.63, 3.8) is 0 Å². The summed E-state index contributed by atoms with van der Waals surface area (Å²) in [5, 5.41) is 0. The molecule has 3 aliphatic heterocycles. The molecule has 2 aromatic rings. The number of benzene rings is 2. The van der Waals surface area contributed by atoms with E-state index in [0.717, 1.165) is 18.6 Å².